The van der Waals surface area contributed by atoms with E-state index in [-0.39, 0.29) is 0 Å². The SMILES string of the molecule is CCCNCc1cnc(N(CC)CCCN(C)C)c(Cl)c1. The van der Waals surface area contributed by atoms with Gasteiger partial charge in [0.15, 0.2) is 0 Å². The maximum atomic E-state index is 6.41. The monoisotopic (exact) mass is 312 g/mol. The number of aromatic nitrogens is 1. The highest BCUT2D eigenvalue weighted by molar-refractivity contribution is 6.33. The Bertz CT molecular complexity index is 409. The van der Waals surface area contributed by atoms with E-state index in [1.165, 1.54) is 0 Å². The minimum atomic E-state index is 0.748. The summed E-state index contributed by atoms with van der Waals surface area (Å²) in [4.78, 5) is 9.01. The lowest BCUT2D eigenvalue weighted by Crippen LogP contribution is -2.28. The van der Waals surface area contributed by atoms with E-state index in [9.17, 15) is 0 Å². The quantitative estimate of drug-likeness (QED) is 0.673. The van der Waals surface area contributed by atoms with Crippen LogP contribution in [0.5, 0.6) is 0 Å². The smallest absolute Gasteiger partial charge is 0.147 e. The fourth-order valence-electron chi connectivity index (χ4n) is 2.20. The van der Waals surface area contributed by atoms with Crippen molar-refractivity contribution in [2.75, 3.05) is 45.2 Å². The first-order valence-electron chi connectivity index (χ1n) is 7.83. The van der Waals surface area contributed by atoms with Crippen LogP contribution in [0.2, 0.25) is 5.02 Å². The largest absolute Gasteiger partial charge is 0.356 e. The lowest BCUT2D eigenvalue weighted by Gasteiger charge is -2.24. The molecule has 0 saturated heterocycles. The first-order chi connectivity index (χ1) is 10.1. The van der Waals surface area contributed by atoms with Crippen LogP contribution < -0.4 is 10.2 Å². The highest BCUT2D eigenvalue weighted by Gasteiger charge is 2.11. The molecule has 0 aliphatic carbocycles. The van der Waals surface area contributed by atoms with E-state index in [1.54, 1.807) is 0 Å². The zero-order valence-electron chi connectivity index (χ0n) is 13.8. The van der Waals surface area contributed by atoms with Crippen LogP contribution in [0, 0.1) is 0 Å². The molecule has 0 aliphatic rings. The summed E-state index contributed by atoms with van der Waals surface area (Å²) in [6, 6.07) is 2.03. The molecule has 4 nitrogen and oxygen atoms in total. The number of nitrogens with zero attached hydrogens (tertiary/aromatic N) is 3. The fraction of sp³-hybridized carbons (Fsp3) is 0.688. The lowest BCUT2D eigenvalue weighted by atomic mass is 10.2. The van der Waals surface area contributed by atoms with Crippen molar-refractivity contribution in [3.05, 3.63) is 22.8 Å². The molecule has 0 amide bonds. The molecule has 120 valence electrons. The van der Waals surface area contributed by atoms with Crippen molar-refractivity contribution in [1.29, 1.82) is 0 Å². The summed E-state index contributed by atoms with van der Waals surface area (Å²) in [6.45, 7) is 9.13. The van der Waals surface area contributed by atoms with E-state index in [1.807, 2.05) is 12.3 Å². The first kappa shape index (κ1) is 18.2. The second-order valence-corrected chi connectivity index (χ2v) is 5.97. The fourth-order valence-corrected chi connectivity index (χ4v) is 2.51. The Balaban J connectivity index is 2.63. The summed E-state index contributed by atoms with van der Waals surface area (Å²) < 4.78 is 0. The van der Waals surface area contributed by atoms with E-state index < -0.39 is 0 Å². The van der Waals surface area contributed by atoms with Gasteiger partial charge in [0.1, 0.15) is 5.82 Å². The molecule has 1 aromatic rings. The standard InChI is InChI=1S/C16H29ClN4/c1-5-8-18-12-14-11-15(17)16(19-13-14)21(6-2)10-7-9-20(3)4/h11,13,18H,5-10,12H2,1-4H3. The van der Waals surface area contributed by atoms with E-state index in [0.29, 0.717) is 0 Å². The summed E-state index contributed by atoms with van der Waals surface area (Å²) in [5, 5.41) is 4.12. The van der Waals surface area contributed by atoms with Crippen molar-refractivity contribution in [2.24, 2.45) is 0 Å². The summed E-state index contributed by atoms with van der Waals surface area (Å²) in [7, 11) is 4.19. The number of halogens is 1. The Kier molecular flexibility index (Phi) is 8.66. The molecular weight excluding hydrogens is 284 g/mol. The van der Waals surface area contributed by atoms with Crippen LogP contribution in [0.15, 0.2) is 12.3 Å². The van der Waals surface area contributed by atoms with E-state index in [0.717, 1.165) is 62.0 Å². The van der Waals surface area contributed by atoms with Gasteiger partial charge in [-0.15, -0.1) is 0 Å². The maximum Gasteiger partial charge on any atom is 0.147 e. The van der Waals surface area contributed by atoms with Gasteiger partial charge in [0, 0.05) is 25.8 Å². The van der Waals surface area contributed by atoms with Gasteiger partial charge in [0.2, 0.25) is 0 Å². The van der Waals surface area contributed by atoms with Gasteiger partial charge in [-0.1, -0.05) is 18.5 Å². The highest BCUT2D eigenvalue weighted by atomic mass is 35.5. The molecule has 0 aromatic carbocycles. The van der Waals surface area contributed by atoms with Crippen molar-refractivity contribution in [1.82, 2.24) is 15.2 Å². The zero-order chi connectivity index (χ0) is 15.7. The van der Waals surface area contributed by atoms with Crippen molar-refractivity contribution in [2.45, 2.75) is 33.2 Å². The van der Waals surface area contributed by atoms with Crippen molar-refractivity contribution in [3.63, 3.8) is 0 Å². The zero-order valence-corrected chi connectivity index (χ0v) is 14.6. The Hall–Kier alpha value is -0.840. The van der Waals surface area contributed by atoms with Gasteiger partial charge in [0.05, 0.1) is 5.02 Å². The minimum absolute atomic E-state index is 0.748. The van der Waals surface area contributed by atoms with Crippen LogP contribution in [-0.4, -0.2) is 50.2 Å². The number of nitrogens with one attached hydrogen (secondary N) is 1. The van der Waals surface area contributed by atoms with Gasteiger partial charge < -0.3 is 15.1 Å². The van der Waals surface area contributed by atoms with Crippen LogP contribution in [0.3, 0.4) is 0 Å². The third-order valence-corrected chi connectivity index (χ3v) is 3.63. The van der Waals surface area contributed by atoms with Gasteiger partial charge in [0.25, 0.3) is 0 Å². The number of hydrogen-bond donors (Lipinski definition) is 1. The van der Waals surface area contributed by atoms with Crippen LogP contribution in [0.1, 0.15) is 32.3 Å². The summed E-state index contributed by atoms with van der Waals surface area (Å²) >= 11 is 6.41. The second-order valence-electron chi connectivity index (χ2n) is 5.56. The molecule has 1 aromatic heterocycles. The van der Waals surface area contributed by atoms with E-state index in [4.69, 9.17) is 11.6 Å². The predicted molar refractivity (Wildman–Crippen MR) is 92.3 cm³/mol. The molecule has 0 unspecified atom stereocenters. The number of rotatable bonds is 10. The molecule has 0 atom stereocenters. The first-order valence-corrected chi connectivity index (χ1v) is 8.21. The van der Waals surface area contributed by atoms with Crippen LogP contribution in [-0.2, 0) is 6.54 Å². The third kappa shape index (κ3) is 6.64. The Labute approximate surface area is 134 Å². The van der Waals surface area contributed by atoms with E-state index in [2.05, 4.69) is 48.0 Å². The molecule has 1 rings (SSSR count). The van der Waals surface area contributed by atoms with Gasteiger partial charge in [-0.05, 0) is 58.6 Å². The van der Waals surface area contributed by atoms with Gasteiger partial charge >= 0.3 is 0 Å². The van der Waals surface area contributed by atoms with Crippen LogP contribution in [0.25, 0.3) is 0 Å². The molecule has 0 bridgehead atoms. The molecule has 0 fully saturated rings. The number of pyridine rings is 1. The number of hydrogen-bond acceptors (Lipinski definition) is 4. The molecule has 0 aliphatic heterocycles. The summed E-state index contributed by atoms with van der Waals surface area (Å²) in [5.41, 5.74) is 1.14. The van der Waals surface area contributed by atoms with Gasteiger partial charge in [-0.2, -0.15) is 0 Å². The topological polar surface area (TPSA) is 31.4 Å². The molecule has 5 heteroatoms. The average molecular weight is 313 g/mol. The van der Waals surface area contributed by atoms with Crippen molar-refractivity contribution in [3.8, 4) is 0 Å². The Morgan fingerprint density at radius 1 is 1.24 bits per heavy atom. The molecular formula is C16H29ClN4. The molecule has 0 radical (unpaired) electrons. The van der Waals surface area contributed by atoms with Crippen molar-refractivity contribution >= 4 is 17.4 Å². The lowest BCUT2D eigenvalue weighted by molar-refractivity contribution is 0.400. The maximum absolute atomic E-state index is 6.41. The van der Waals surface area contributed by atoms with Crippen LogP contribution >= 0.6 is 11.6 Å². The second kappa shape index (κ2) is 9.98. The summed E-state index contributed by atoms with van der Waals surface area (Å²) in [6.07, 6.45) is 4.17. The number of anilines is 1. The molecule has 1 heterocycles. The third-order valence-electron chi connectivity index (χ3n) is 3.35. The average Bonchev–Trinajstić information content (AvgIpc) is 2.44. The van der Waals surface area contributed by atoms with Crippen molar-refractivity contribution < 1.29 is 0 Å². The Morgan fingerprint density at radius 2 is 2.00 bits per heavy atom. The van der Waals surface area contributed by atoms with E-state index >= 15 is 0 Å². The molecule has 1 N–H and O–H groups in total. The Morgan fingerprint density at radius 3 is 2.57 bits per heavy atom. The van der Waals surface area contributed by atoms with Gasteiger partial charge in [-0.25, -0.2) is 4.98 Å². The molecule has 0 saturated carbocycles. The summed E-state index contributed by atoms with van der Waals surface area (Å²) in [5.74, 6) is 0.900. The predicted octanol–water partition coefficient (Wildman–Crippen LogP) is 3.01. The minimum Gasteiger partial charge on any atom is -0.356 e. The molecule has 0 spiro atoms. The van der Waals surface area contributed by atoms with Crippen LogP contribution in [0.4, 0.5) is 5.82 Å². The molecule has 21 heavy (non-hydrogen) atoms. The highest BCUT2D eigenvalue weighted by Crippen LogP contribution is 2.24. The normalized spacial score (nSPS) is 11.1. The van der Waals surface area contributed by atoms with Gasteiger partial charge in [-0.3, -0.25) is 0 Å².